The van der Waals surface area contributed by atoms with Crippen LogP contribution in [0, 0.1) is 11.8 Å². The van der Waals surface area contributed by atoms with E-state index in [9.17, 15) is 0 Å². The summed E-state index contributed by atoms with van der Waals surface area (Å²) >= 11 is 0. The van der Waals surface area contributed by atoms with Crippen molar-refractivity contribution >= 4 is 0 Å². The van der Waals surface area contributed by atoms with Crippen molar-refractivity contribution in [1.82, 2.24) is 10.2 Å². The average molecular weight is 240 g/mol. The van der Waals surface area contributed by atoms with E-state index in [1.807, 2.05) is 0 Å². The molecule has 2 aliphatic rings. The minimum absolute atomic E-state index is 0.374. The molecule has 2 saturated heterocycles. The fourth-order valence-electron chi connectivity index (χ4n) is 3.25. The molecule has 2 N–H and O–H groups in total. The van der Waals surface area contributed by atoms with Gasteiger partial charge in [0, 0.05) is 6.61 Å². The number of nitrogens with one attached hydrogen (secondary N) is 1. The quantitative estimate of drug-likeness (QED) is 0.738. The van der Waals surface area contributed by atoms with E-state index in [1.54, 1.807) is 0 Å². The van der Waals surface area contributed by atoms with Crippen LogP contribution < -0.4 is 5.32 Å². The van der Waals surface area contributed by atoms with Crippen molar-refractivity contribution in [2.24, 2.45) is 11.8 Å². The largest absolute Gasteiger partial charge is 0.396 e. The summed E-state index contributed by atoms with van der Waals surface area (Å²) in [5, 5.41) is 12.4. The zero-order chi connectivity index (χ0) is 11.9. The van der Waals surface area contributed by atoms with Crippen LogP contribution >= 0.6 is 0 Å². The maximum Gasteiger partial charge on any atom is 0.0433 e. The van der Waals surface area contributed by atoms with Gasteiger partial charge in [-0.1, -0.05) is 0 Å². The Morgan fingerprint density at radius 3 is 2.53 bits per heavy atom. The third kappa shape index (κ3) is 4.57. The predicted octanol–water partition coefficient (Wildman–Crippen LogP) is 1.47. The summed E-state index contributed by atoms with van der Waals surface area (Å²) < 4.78 is 0. The highest BCUT2D eigenvalue weighted by molar-refractivity contribution is 4.74. The Balaban J connectivity index is 1.52. The molecule has 0 aromatic rings. The van der Waals surface area contributed by atoms with Crippen molar-refractivity contribution in [2.45, 2.75) is 38.5 Å². The smallest absolute Gasteiger partial charge is 0.0433 e. The Morgan fingerprint density at radius 2 is 1.88 bits per heavy atom. The van der Waals surface area contributed by atoms with E-state index in [0.717, 1.165) is 18.3 Å². The maximum absolute atomic E-state index is 8.93. The summed E-state index contributed by atoms with van der Waals surface area (Å²) in [6.45, 7) is 6.67. The standard InChI is InChI=1S/C14H28N2O/c17-11-6-13-4-9-16(10-5-13)8-1-2-14-3-7-15-12-14/h13-15,17H,1-12H2. The lowest BCUT2D eigenvalue weighted by molar-refractivity contribution is 0.155. The van der Waals surface area contributed by atoms with Crippen LogP contribution in [0.3, 0.4) is 0 Å². The lowest BCUT2D eigenvalue weighted by Gasteiger charge is -2.31. The molecule has 3 nitrogen and oxygen atoms in total. The first kappa shape index (κ1) is 13.3. The first-order valence-electron chi connectivity index (χ1n) is 7.42. The van der Waals surface area contributed by atoms with E-state index in [2.05, 4.69) is 10.2 Å². The molecule has 2 aliphatic heterocycles. The van der Waals surface area contributed by atoms with Crippen molar-refractivity contribution in [1.29, 1.82) is 0 Å². The van der Waals surface area contributed by atoms with Gasteiger partial charge in [0.15, 0.2) is 0 Å². The van der Waals surface area contributed by atoms with Crippen LogP contribution in [-0.2, 0) is 0 Å². The Kier molecular flexibility index (Phi) is 5.75. The normalized spacial score (nSPS) is 27.7. The van der Waals surface area contributed by atoms with Gasteiger partial charge in [-0.05, 0) is 83.1 Å². The summed E-state index contributed by atoms with van der Waals surface area (Å²) in [6, 6.07) is 0. The highest BCUT2D eigenvalue weighted by atomic mass is 16.3. The fraction of sp³-hybridized carbons (Fsp3) is 1.00. The van der Waals surface area contributed by atoms with Gasteiger partial charge in [-0.3, -0.25) is 0 Å². The van der Waals surface area contributed by atoms with Crippen molar-refractivity contribution in [2.75, 3.05) is 39.3 Å². The molecule has 0 aromatic heterocycles. The lowest BCUT2D eigenvalue weighted by atomic mass is 9.93. The molecule has 17 heavy (non-hydrogen) atoms. The zero-order valence-electron chi connectivity index (χ0n) is 11.0. The lowest BCUT2D eigenvalue weighted by Crippen LogP contribution is -2.34. The minimum atomic E-state index is 0.374. The van der Waals surface area contributed by atoms with Gasteiger partial charge in [0.05, 0.1) is 0 Å². The summed E-state index contributed by atoms with van der Waals surface area (Å²) in [6.07, 6.45) is 7.78. The number of aliphatic hydroxyl groups is 1. The summed E-state index contributed by atoms with van der Waals surface area (Å²) in [4.78, 5) is 2.62. The van der Waals surface area contributed by atoms with Gasteiger partial charge in [0.1, 0.15) is 0 Å². The highest BCUT2D eigenvalue weighted by Gasteiger charge is 2.19. The van der Waals surface area contributed by atoms with Crippen molar-refractivity contribution in [3.05, 3.63) is 0 Å². The van der Waals surface area contributed by atoms with E-state index < -0.39 is 0 Å². The van der Waals surface area contributed by atoms with Crippen LogP contribution in [-0.4, -0.2) is 49.3 Å². The number of hydrogen-bond donors (Lipinski definition) is 2. The van der Waals surface area contributed by atoms with E-state index >= 15 is 0 Å². The number of rotatable bonds is 6. The Hall–Kier alpha value is -0.120. The Bertz CT molecular complexity index is 196. The van der Waals surface area contributed by atoms with Gasteiger partial charge < -0.3 is 15.3 Å². The third-order valence-electron chi connectivity index (χ3n) is 4.49. The molecule has 2 heterocycles. The molecular formula is C14H28N2O. The molecule has 3 heteroatoms. The highest BCUT2D eigenvalue weighted by Crippen LogP contribution is 2.21. The third-order valence-corrected chi connectivity index (χ3v) is 4.49. The van der Waals surface area contributed by atoms with Crippen LogP contribution in [0.15, 0.2) is 0 Å². The molecule has 0 spiro atoms. The minimum Gasteiger partial charge on any atom is -0.396 e. The van der Waals surface area contributed by atoms with Crippen LogP contribution in [0.25, 0.3) is 0 Å². The molecule has 0 saturated carbocycles. The molecule has 0 radical (unpaired) electrons. The van der Waals surface area contributed by atoms with Gasteiger partial charge in [-0.2, -0.15) is 0 Å². The van der Waals surface area contributed by atoms with Crippen LogP contribution in [0.1, 0.15) is 38.5 Å². The SMILES string of the molecule is OCCC1CCN(CCCC2CCNC2)CC1. The van der Waals surface area contributed by atoms with Crippen molar-refractivity contribution in [3.8, 4) is 0 Å². The molecular weight excluding hydrogens is 212 g/mol. The second-order valence-corrected chi connectivity index (χ2v) is 5.80. The molecule has 0 bridgehead atoms. The Morgan fingerprint density at radius 1 is 1.06 bits per heavy atom. The van der Waals surface area contributed by atoms with Gasteiger partial charge >= 0.3 is 0 Å². The first-order valence-corrected chi connectivity index (χ1v) is 7.42. The van der Waals surface area contributed by atoms with E-state index in [0.29, 0.717) is 6.61 Å². The van der Waals surface area contributed by atoms with Crippen molar-refractivity contribution < 1.29 is 5.11 Å². The van der Waals surface area contributed by atoms with Gasteiger partial charge in [0.25, 0.3) is 0 Å². The number of hydrogen-bond acceptors (Lipinski definition) is 3. The number of piperidine rings is 1. The number of nitrogens with zero attached hydrogens (tertiary/aromatic N) is 1. The molecule has 0 amide bonds. The van der Waals surface area contributed by atoms with E-state index in [4.69, 9.17) is 5.11 Å². The molecule has 2 fully saturated rings. The zero-order valence-corrected chi connectivity index (χ0v) is 11.0. The van der Waals surface area contributed by atoms with Gasteiger partial charge in [-0.25, -0.2) is 0 Å². The number of aliphatic hydroxyl groups excluding tert-OH is 1. The van der Waals surface area contributed by atoms with E-state index in [-0.39, 0.29) is 0 Å². The molecule has 100 valence electrons. The van der Waals surface area contributed by atoms with Gasteiger partial charge in [0.2, 0.25) is 0 Å². The number of likely N-dealkylation sites (tertiary alicyclic amines) is 1. The Labute approximate surface area is 106 Å². The molecule has 2 rings (SSSR count). The second kappa shape index (κ2) is 7.34. The summed E-state index contributed by atoms with van der Waals surface area (Å²) in [7, 11) is 0. The molecule has 1 unspecified atom stereocenters. The fourth-order valence-corrected chi connectivity index (χ4v) is 3.25. The average Bonchev–Trinajstić information content (AvgIpc) is 2.85. The second-order valence-electron chi connectivity index (χ2n) is 5.80. The van der Waals surface area contributed by atoms with Crippen molar-refractivity contribution in [3.63, 3.8) is 0 Å². The molecule has 0 aliphatic carbocycles. The first-order chi connectivity index (χ1) is 8.38. The molecule has 0 aromatic carbocycles. The summed E-state index contributed by atoms with van der Waals surface area (Å²) in [5.74, 6) is 1.73. The summed E-state index contributed by atoms with van der Waals surface area (Å²) in [5.41, 5.74) is 0. The monoisotopic (exact) mass is 240 g/mol. The van der Waals surface area contributed by atoms with Gasteiger partial charge in [-0.15, -0.1) is 0 Å². The molecule has 1 atom stereocenters. The topological polar surface area (TPSA) is 35.5 Å². The van der Waals surface area contributed by atoms with Crippen LogP contribution in [0.2, 0.25) is 0 Å². The van der Waals surface area contributed by atoms with Crippen LogP contribution in [0.4, 0.5) is 0 Å². The van der Waals surface area contributed by atoms with E-state index in [1.165, 1.54) is 64.8 Å². The predicted molar refractivity (Wildman–Crippen MR) is 71.1 cm³/mol. The van der Waals surface area contributed by atoms with Crippen LogP contribution in [0.5, 0.6) is 0 Å². The maximum atomic E-state index is 8.93.